The van der Waals surface area contributed by atoms with Gasteiger partial charge in [0.05, 0.1) is 6.04 Å². The van der Waals surface area contributed by atoms with Crippen molar-refractivity contribution >= 4 is 29.9 Å². The quantitative estimate of drug-likeness (QED) is 0.234. The van der Waals surface area contributed by atoms with E-state index in [1.807, 2.05) is 55.8 Å². The first-order valence-corrected chi connectivity index (χ1v) is 9.27. The van der Waals surface area contributed by atoms with Gasteiger partial charge in [0.2, 0.25) is 0 Å². The van der Waals surface area contributed by atoms with Crippen LogP contribution in [0.15, 0.2) is 35.3 Å². The van der Waals surface area contributed by atoms with Crippen molar-refractivity contribution in [2.75, 3.05) is 6.54 Å². The van der Waals surface area contributed by atoms with Gasteiger partial charge in [-0.05, 0) is 32.3 Å². The molecule has 0 aliphatic heterocycles. The standard InChI is InChI=1S/C19H27F3N6.HI/c1-14(16-9-5-4-6-10-16)25-18(23-12-8-7-11-19(20,21)22)24-13-17-27-26-15(2)28(17)3;/h4-6,9-10,14H,7-8,11-13H2,1-3H3,(H2,23,24,25);1H. The molecule has 0 bridgehead atoms. The minimum atomic E-state index is -4.11. The lowest BCUT2D eigenvalue weighted by atomic mass is 10.1. The Morgan fingerprint density at radius 2 is 1.86 bits per heavy atom. The lowest BCUT2D eigenvalue weighted by Gasteiger charge is -2.19. The number of benzene rings is 1. The molecule has 2 aromatic rings. The molecule has 1 heterocycles. The van der Waals surface area contributed by atoms with Gasteiger partial charge in [-0.1, -0.05) is 30.3 Å². The SMILES string of the molecule is Cc1nnc(CN=C(NCCCCC(F)(F)F)NC(C)c2ccccc2)n1C.I. The van der Waals surface area contributed by atoms with Crippen LogP contribution in [0.5, 0.6) is 0 Å². The zero-order chi connectivity index (χ0) is 20.6. The van der Waals surface area contributed by atoms with E-state index in [-0.39, 0.29) is 36.4 Å². The van der Waals surface area contributed by atoms with Crippen molar-refractivity contribution in [2.45, 2.75) is 51.9 Å². The second-order valence-electron chi connectivity index (χ2n) is 6.66. The van der Waals surface area contributed by atoms with Gasteiger partial charge >= 0.3 is 6.18 Å². The smallest absolute Gasteiger partial charge is 0.356 e. The van der Waals surface area contributed by atoms with E-state index in [0.29, 0.717) is 31.3 Å². The Morgan fingerprint density at radius 3 is 2.45 bits per heavy atom. The molecule has 6 nitrogen and oxygen atoms in total. The van der Waals surface area contributed by atoms with Gasteiger partial charge in [0.15, 0.2) is 11.8 Å². The minimum Gasteiger partial charge on any atom is -0.356 e. The Labute approximate surface area is 186 Å². The molecular weight excluding hydrogens is 496 g/mol. The molecular formula is C19H28F3IN6. The number of unbranched alkanes of at least 4 members (excludes halogenated alkanes) is 1. The molecule has 0 radical (unpaired) electrons. The first-order chi connectivity index (χ1) is 13.3. The Bertz CT molecular complexity index is 761. The monoisotopic (exact) mass is 524 g/mol. The van der Waals surface area contributed by atoms with Gasteiger partial charge in [-0.3, -0.25) is 0 Å². The molecule has 1 aromatic carbocycles. The van der Waals surface area contributed by atoms with Gasteiger partial charge in [0.1, 0.15) is 12.4 Å². The minimum absolute atomic E-state index is 0. The lowest BCUT2D eigenvalue weighted by Crippen LogP contribution is -2.39. The normalized spacial score (nSPS) is 13.0. The topological polar surface area (TPSA) is 67.1 Å². The van der Waals surface area contributed by atoms with Crippen molar-refractivity contribution in [3.63, 3.8) is 0 Å². The second kappa shape index (κ2) is 12.0. The van der Waals surface area contributed by atoms with Crippen molar-refractivity contribution < 1.29 is 13.2 Å². The van der Waals surface area contributed by atoms with Crippen molar-refractivity contribution in [3.8, 4) is 0 Å². The zero-order valence-corrected chi connectivity index (χ0v) is 19.2. The molecule has 0 aliphatic carbocycles. The summed E-state index contributed by atoms with van der Waals surface area (Å²) in [5.74, 6) is 2.03. The molecule has 0 amide bonds. The van der Waals surface area contributed by atoms with Gasteiger partial charge in [0.25, 0.3) is 0 Å². The third-order valence-corrected chi connectivity index (χ3v) is 4.39. The first-order valence-electron chi connectivity index (χ1n) is 9.27. The summed E-state index contributed by atoms with van der Waals surface area (Å²) in [7, 11) is 1.87. The van der Waals surface area contributed by atoms with Gasteiger partial charge < -0.3 is 15.2 Å². The number of hydrogen-bond donors (Lipinski definition) is 2. The van der Waals surface area contributed by atoms with Crippen molar-refractivity contribution in [3.05, 3.63) is 47.5 Å². The van der Waals surface area contributed by atoms with Crippen LogP contribution < -0.4 is 10.6 Å². The van der Waals surface area contributed by atoms with E-state index in [9.17, 15) is 13.2 Å². The van der Waals surface area contributed by atoms with Crippen LogP contribution in [0.2, 0.25) is 0 Å². The highest BCUT2D eigenvalue weighted by atomic mass is 127. The number of rotatable bonds is 8. The predicted octanol–water partition coefficient (Wildman–Crippen LogP) is 4.27. The average Bonchev–Trinajstić information content (AvgIpc) is 2.97. The molecule has 0 saturated heterocycles. The lowest BCUT2D eigenvalue weighted by molar-refractivity contribution is -0.135. The fourth-order valence-electron chi connectivity index (χ4n) is 2.58. The molecule has 0 spiro atoms. The summed E-state index contributed by atoms with van der Waals surface area (Å²) in [6.07, 6.45) is -4.39. The summed E-state index contributed by atoms with van der Waals surface area (Å²) < 4.78 is 38.7. The molecule has 162 valence electrons. The van der Waals surface area contributed by atoms with E-state index in [0.717, 1.165) is 11.4 Å². The zero-order valence-electron chi connectivity index (χ0n) is 16.8. The van der Waals surface area contributed by atoms with E-state index in [1.165, 1.54) is 0 Å². The van der Waals surface area contributed by atoms with Crippen LogP contribution in [0.3, 0.4) is 0 Å². The molecule has 0 saturated carbocycles. The van der Waals surface area contributed by atoms with Crippen LogP contribution >= 0.6 is 24.0 Å². The molecule has 2 N–H and O–H groups in total. The van der Waals surface area contributed by atoms with Gasteiger partial charge in [-0.15, -0.1) is 34.2 Å². The molecule has 1 aromatic heterocycles. The van der Waals surface area contributed by atoms with Crippen molar-refractivity contribution in [2.24, 2.45) is 12.0 Å². The Balaban J connectivity index is 0.00000420. The van der Waals surface area contributed by atoms with Crippen molar-refractivity contribution in [1.82, 2.24) is 25.4 Å². The Hall–Kier alpha value is -1.85. The highest BCUT2D eigenvalue weighted by molar-refractivity contribution is 14.0. The molecule has 29 heavy (non-hydrogen) atoms. The third kappa shape index (κ3) is 9.01. The fraction of sp³-hybridized carbons (Fsp3) is 0.526. The number of aliphatic imine (C=N–C) groups is 1. The highest BCUT2D eigenvalue weighted by Crippen LogP contribution is 2.21. The number of aromatic nitrogens is 3. The predicted molar refractivity (Wildman–Crippen MR) is 118 cm³/mol. The van der Waals surface area contributed by atoms with Gasteiger partial charge in [-0.2, -0.15) is 13.2 Å². The molecule has 0 fully saturated rings. The molecule has 10 heteroatoms. The van der Waals surface area contributed by atoms with Crippen LogP contribution in [-0.2, 0) is 13.6 Å². The molecule has 1 unspecified atom stereocenters. The number of nitrogens with one attached hydrogen (secondary N) is 2. The summed E-state index contributed by atoms with van der Waals surface area (Å²) in [4.78, 5) is 4.53. The Morgan fingerprint density at radius 1 is 1.17 bits per heavy atom. The van der Waals surface area contributed by atoms with Crippen LogP contribution in [0, 0.1) is 6.92 Å². The summed E-state index contributed by atoms with van der Waals surface area (Å²) in [6.45, 7) is 4.58. The molecule has 0 aliphatic rings. The summed E-state index contributed by atoms with van der Waals surface area (Å²) in [5, 5.41) is 14.5. The highest BCUT2D eigenvalue weighted by Gasteiger charge is 2.25. The fourth-order valence-corrected chi connectivity index (χ4v) is 2.58. The number of hydrogen-bond acceptors (Lipinski definition) is 3. The maximum absolute atomic E-state index is 12.3. The first kappa shape index (κ1) is 25.2. The molecule has 1 atom stereocenters. The number of aryl methyl sites for hydroxylation is 1. The number of nitrogens with zero attached hydrogens (tertiary/aromatic N) is 4. The average molecular weight is 524 g/mol. The van der Waals surface area contributed by atoms with Crippen molar-refractivity contribution in [1.29, 1.82) is 0 Å². The summed E-state index contributed by atoms with van der Waals surface area (Å²) in [5.41, 5.74) is 1.09. The van der Waals surface area contributed by atoms with E-state index < -0.39 is 12.6 Å². The number of alkyl halides is 3. The maximum Gasteiger partial charge on any atom is 0.389 e. The molecule has 2 rings (SSSR count). The van der Waals surface area contributed by atoms with E-state index in [1.54, 1.807) is 0 Å². The van der Waals surface area contributed by atoms with E-state index >= 15 is 0 Å². The largest absolute Gasteiger partial charge is 0.389 e. The van der Waals surface area contributed by atoms with Gasteiger partial charge in [0, 0.05) is 20.0 Å². The van der Waals surface area contributed by atoms with Crippen LogP contribution in [0.4, 0.5) is 13.2 Å². The second-order valence-corrected chi connectivity index (χ2v) is 6.66. The summed E-state index contributed by atoms with van der Waals surface area (Å²) in [6, 6.07) is 9.86. The van der Waals surface area contributed by atoms with E-state index in [4.69, 9.17) is 0 Å². The Kier molecular flexibility index (Phi) is 10.4. The number of halogens is 4. The van der Waals surface area contributed by atoms with Crippen LogP contribution in [-0.4, -0.2) is 33.4 Å². The van der Waals surface area contributed by atoms with Gasteiger partial charge in [-0.25, -0.2) is 4.99 Å². The van der Waals surface area contributed by atoms with E-state index in [2.05, 4.69) is 25.8 Å². The summed E-state index contributed by atoms with van der Waals surface area (Å²) >= 11 is 0. The third-order valence-electron chi connectivity index (χ3n) is 4.39. The van der Waals surface area contributed by atoms with Crippen LogP contribution in [0.25, 0.3) is 0 Å². The van der Waals surface area contributed by atoms with Crippen LogP contribution in [0.1, 0.15) is 49.4 Å². The number of guanidine groups is 1. The maximum atomic E-state index is 12.3.